The first-order valence-corrected chi connectivity index (χ1v) is 5.35. The Morgan fingerprint density at radius 2 is 2.14 bits per heavy atom. The average molecular weight is 199 g/mol. The molecule has 14 heavy (non-hydrogen) atoms. The number of hydrogen-bond acceptors (Lipinski definition) is 3. The molecule has 0 aromatic heterocycles. The van der Waals surface area contributed by atoms with Crippen LogP contribution < -0.4 is 5.32 Å². The van der Waals surface area contributed by atoms with Gasteiger partial charge in [-0.05, 0) is 39.0 Å². The van der Waals surface area contributed by atoms with Crippen LogP contribution >= 0.6 is 0 Å². The first-order chi connectivity index (χ1) is 6.50. The van der Waals surface area contributed by atoms with Gasteiger partial charge in [0.1, 0.15) is 6.04 Å². The smallest absolute Gasteiger partial charge is 0.323 e. The van der Waals surface area contributed by atoms with Crippen LogP contribution in [0.3, 0.4) is 0 Å². The Morgan fingerprint density at radius 3 is 2.50 bits per heavy atom. The van der Waals surface area contributed by atoms with Crippen LogP contribution in [0, 0.1) is 5.92 Å². The molecule has 82 valence electrons. The molecule has 3 heteroatoms. The third kappa shape index (κ3) is 2.98. The number of methoxy groups -OCH3 is 1. The SMILES string of the molecule is CCC(C)(C)NC(C(=O)OC)C1CC1. The summed E-state index contributed by atoms with van der Waals surface area (Å²) < 4.78 is 4.80. The molecule has 0 aromatic carbocycles. The minimum atomic E-state index is -0.117. The summed E-state index contributed by atoms with van der Waals surface area (Å²) in [6.45, 7) is 6.35. The van der Waals surface area contributed by atoms with Crippen molar-refractivity contribution in [2.75, 3.05) is 7.11 Å². The molecule has 0 bridgehead atoms. The topological polar surface area (TPSA) is 38.3 Å². The molecular weight excluding hydrogens is 178 g/mol. The van der Waals surface area contributed by atoms with E-state index in [1.807, 2.05) is 0 Å². The van der Waals surface area contributed by atoms with Gasteiger partial charge in [-0.25, -0.2) is 0 Å². The Bertz CT molecular complexity index is 209. The predicted molar refractivity (Wildman–Crippen MR) is 56.0 cm³/mol. The van der Waals surface area contributed by atoms with Crippen molar-refractivity contribution in [3.05, 3.63) is 0 Å². The van der Waals surface area contributed by atoms with Crippen LogP contribution in [0.15, 0.2) is 0 Å². The normalized spacial score (nSPS) is 19.1. The lowest BCUT2D eigenvalue weighted by atomic mass is 9.99. The molecule has 1 aliphatic rings. The molecule has 1 atom stereocenters. The molecule has 0 spiro atoms. The second kappa shape index (κ2) is 4.30. The summed E-state index contributed by atoms with van der Waals surface area (Å²) in [6.07, 6.45) is 3.30. The van der Waals surface area contributed by atoms with Crippen LogP contribution in [0.4, 0.5) is 0 Å². The maximum atomic E-state index is 11.5. The number of carbonyl (C=O) groups is 1. The molecular formula is C11H21NO2. The van der Waals surface area contributed by atoms with Gasteiger partial charge in [0, 0.05) is 5.54 Å². The van der Waals surface area contributed by atoms with Crippen molar-refractivity contribution >= 4 is 5.97 Å². The second-order valence-corrected chi connectivity index (χ2v) is 4.72. The fraction of sp³-hybridized carbons (Fsp3) is 0.909. The van der Waals surface area contributed by atoms with Gasteiger partial charge in [-0.15, -0.1) is 0 Å². The molecule has 1 aliphatic carbocycles. The molecule has 0 radical (unpaired) electrons. The number of carbonyl (C=O) groups excluding carboxylic acids is 1. The molecule has 1 fully saturated rings. The van der Waals surface area contributed by atoms with Crippen LogP contribution in [-0.2, 0) is 9.53 Å². The van der Waals surface area contributed by atoms with Gasteiger partial charge in [0.25, 0.3) is 0 Å². The van der Waals surface area contributed by atoms with Gasteiger partial charge in [-0.3, -0.25) is 10.1 Å². The van der Waals surface area contributed by atoms with Crippen molar-refractivity contribution in [2.24, 2.45) is 5.92 Å². The van der Waals surface area contributed by atoms with Gasteiger partial charge in [0.2, 0.25) is 0 Å². The molecule has 0 heterocycles. The van der Waals surface area contributed by atoms with Crippen molar-refractivity contribution in [1.82, 2.24) is 5.32 Å². The molecule has 0 amide bonds. The lowest BCUT2D eigenvalue weighted by molar-refractivity contribution is -0.144. The lowest BCUT2D eigenvalue weighted by Gasteiger charge is -2.29. The molecule has 1 saturated carbocycles. The summed E-state index contributed by atoms with van der Waals surface area (Å²) >= 11 is 0. The van der Waals surface area contributed by atoms with Crippen molar-refractivity contribution in [1.29, 1.82) is 0 Å². The third-order valence-corrected chi connectivity index (χ3v) is 2.98. The van der Waals surface area contributed by atoms with E-state index in [0.717, 1.165) is 19.3 Å². The highest BCUT2D eigenvalue weighted by Crippen LogP contribution is 2.34. The largest absolute Gasteiger partial charge is 0.468 e. The van der Waals surface area contributed by atoms with Gasteiger partial charge < -0.3 is 4.74 Å². The van der Waals surface area contributed by atoms with E-state index in [4.69, 9.17) is 4.74 Å². The summed E-state index contributed by atoms with van der Waals surface area (Å²) in [5.41, 5.74) is 0.0153. The standard InChI is InChI=1S/C11H21NO2/c1-5-11(2,3)12-9(8-6-7-8)10(13)14-4/h8-9,12H,5-7H2,1-4H3. The van der Waals surface area contributed by atoms with E-state index in [9.17, 15) is 4.79 Å². The summed E-state index contributed by atoms with van der Waals surface area (Å²) in [6, 6.07) is -0.102. The minimum absolute atomic E-state index is 0.0153. The van der Waals surface area contributed by atoms with E-state index in [0.29, 0.717) is 5.92 Å². The molecule has 1 unspecified atom stereocenters. The Kier molecular flexibility index (Phi) is 3.53. The molecule has 1 N–H and O–H groups in total. The maximum absolute atomic E-state index is 11.5. The van der Waals surface area contributed by atoms with Gasteiger partial charge in [0.15, 0.2) is 0 Å². The van der Waals surface area contributed by atoms with Crippen molar-refractivity contribution < 1.29 is 9.53 Å². The summed E-state index contributed by atoms with van der Waals surface area (Å²) in [5.74, 6) is 0.377. The van der Waals surface area contributed by atoms with E-state index in [2.05, 4.69) is 26.1 Å². The zero-order chi connectivity index (χ0) is 10.8. The van der Waals surface area contributed by atoms with Crippen LogP contribution in [0.1, 0.15) is 40.0 Å². The summed E-state index contributed by atoms with van der Waals surface area (Å²) in [5, 5.41) is 3.38. The van der Waals surface area contributed by atoms with E-state index in [-0.39, 0.29) is 17.6 Å². The number of rotatable bonds is 5. The quantitative estimate of drug-likeness (QED) is 0.685. The van der Waals surface area contributed by atoms with Crippen LogP contribution in [0.5, 0.6) is 0 Å². The monoisotopic (exact) mass is 199 g/mol. The van der Waals surface area contributed by atoms with Crippen LogP contribution in [0.25, 0.3) is 0 Å². The van der Waals surface area contributed by atoms with E-state index < -0.39 is 0 Å². The first-order valence-electron chi connectivity index (χ1n) is 5.35. The Labute approximate surface area is 86.2 Å². The van der Waals surface area contributed by atoms with E-state index in [1.54, 1.807) is 0 Å². The zero-order valence-corrected chi connectivity index (χ0v) is 9.59. The fourth-order valence-corrected chi connectivity index (χ4v) is 1.45. The number of esters is 1. The summed E-state index contributed by atoms with van der Waals surface area (Å²) in [4.78, 5) is 11.5. The fourth-order valence-electron chi connectivity index (χ4n) is 1.45. The highest BCUT2D eigenvalue weighted by atomic mass is 16.5. The molecule has 0 saturated heterocycles. The number of ether oxygens (including phenoxy) is 1. The van der Waals surface area contributed by atoms with Gasteiger partial charge in [0.05, 0.1) is 7.11 Å². The third-order valence-electron chi connectivity index (χ3n) is 2.98. The van der Waals surface area contributed by atoms with E-state index >= 15 is 0 Å². The number of hydrogen-bond donors (Lipinski definition) is 1. The molecule has 0 aromatic rings. The van der Waals surface area contributed by atoms with Crippen LogP contribution in [0.2, 0.25) is 0 Å². The van der Waals surface area contributed by atoms with Gasteiger partial charge in [-0.2, -0.15) is 0 Å². The Morgan fingerprint density at radius 1 is 1.57 bits per heavy atom. The lowest BCUT2D eigenvalue weighted by Crippen LogP contribution is -2.50. The Balaban J connectivity index is 2.55. The predicted octanol–water partition coefficient (Wildman–Crippen LogP) is 1.72. The van der Waals surface area contributed by atoms with Crippen molar-refractivity contribution in [2.45, 2.75) is 51.6 Å². The van der Waals surface area contributed by atoms with Gasteiger partial charge >= 0.3 is 5.97 Å². The Hall–Kier alpha value is -0.570. The minimum Gasteiger partial charge on any atom is -0.468 e. The molecule has 0 aliphatic heterocycles. The summed E-state index contributed by atoms with van der Waals surface area (Å²) in [7, 11) is 1.46. The maximum Gasteiger partial charge on any atom is 0.323 e. The van der Waals surface area contributed by atoms with Crippen LogP contribution in [-0.4, -0.2) is 24.7 Å². The highest BCUT2D eigenvalue weighted by Gasteiger charge is 2.39. The highest BCUT2D eigenvalue weighted by molar-refractivity contribution is 5.76. The zero-order valence-electron chi connectivity index (χ0n) is 9.59. The van der Waals surface area contributed by atoms with Gasteiger partial charge in [-0.1, -0.05) is 6.92 Å². The van der Waals surface area contributed by atoms with Crippen molar-refractivity contribution in [3.63, 3.8) is 0 Å². The molecule has 1 rings (SSSR count). The van der Waals surface area contributed by atoms with Crippen molar-refractivity contribution in [3.8, 4) is 0 Å². The second-order valence-electron chi connectivity index (χ2n) is 4.72. The molecule has 3 nitrogen and oxygen atoms in total. The number of nitrogens with one attached hydrogen (secondary N) is 1. The first kappa shape index (κ1) is 11.5. The van der Waals surface area contributed by atoms with E-state index in [1.165, 1.54) is 7.11 Å². The average Bonchev–Trinajstić information content (AvgIpc) is 2.96.